The van der Waals surface area contributed by atoms with Crippen molar-refractivity contribution >= 4 is 5.91 Å². The van der Waals surface area contributed by atoms with Crippen LogP contribution in [-0.2, 0) is 4.74 Å². The zero-order valence-corrected chi connectivity index (χ0v) is 16.1. The van der Waals surface area contributed by atoms with Crippen molar-refractivity contribution in [1.82, 2.24) is 19.9 Å². The molecule has 2 heterocycles. The molecule has 1 saturated carbocycles. The van der Waals surface area contributed by atoms with Gasteiger partial charge in [-0.2, -0.15) is 0 Å². The summed E-state index contributed by atoms with van der Waals surface area (Å²) in [6, 6.07) is 0.620. The summed E-state index contributed by atoms with van der Waals surface area (Å²) in [5, 5.41) is 8.36. The number of ether oxygens (including phenoxy) is 1. The molecule has 1 aliphatic heterocycles. The summed E-state index contributed by atoms with van der Waals surface area (Å²) in [6.07, 6.45) is 9.34. The molecular weight excluding hydrogens is 330 g/mol. The molecule has 146 valence electrons. The van der Waals surface area contributed by atoms with E-state index in [1.807, 2.05) is 15.8 Å². The van der Waals surface area contributed by atoms with E-state index >= 15 is 0 Å². The third-order valence-electron chi connectivity index (χ3n) is 5.58. The SMILES string of the molecule is CC(C)CCC[C@H]1CN(C(=O)c2cn(C3CCC(N)CC3)nn2)CCO1. The molecule has 1 aromatic rings. The largest absolute Gasteiger partial charge is 0.375 e. The fraction of sp³-hybridized carbons (Fsp3) is 0.842. The van der Waals surface area contributed by atoms with Gasteiger partial charge in [0.05, 0.1) is 24.9 Å². The number of hydrogen-bond donors (Lipinski definition) is 1. The summed E-state index contributed by atoms with van der Waals surface area (Å²) in [6.45, 7) is 6.36. The standard InChI is InChI=1S/C19H33N5O2/c1-14(2)4-3-5-17-12-23(10-11-26-17)19(25)18-13-24(22-21-18)16-8-6-15(20)7-9-16/h13-17H,3-12,20H2,1-2H3/t15?,16?,17-/m0/s1. The number of carbonyl (C=O) groups excluding carboxylic acids is 1. The predicted octanol–water partition coefficient (Wildman–Crippen LogP) is 2.39. The molecular formula is C19H33N5O2. The molecule has 1 aromatic heterocycles. The van der Waals surface area contributed by atoms with Gasteiger partial charge in [0.25, 0.3) is 5.91 Å². The van der Waals surface area contributed by atoms with Gasteiger partial charge in [0.15, 0.2) is 5.69 Å². The van der Waals surface area contributed by atoms with Crippen LogP contribution in [-0.4, -0.2) is 57.6 Å². The Bertz CT molecular complexity index is 580. The predicted molar refractivity (Wildman–Crippen MR) is 99.8 cm³/mol. The molecule has 0 bridgehead atoms. The van der Waals surface area contributed by atoms with Crippen molar-refractivity contribution in [3.8, 4) is 0 Å². The topological polar surface area (TPSA) is 86.3 Å². The minimum absolute atomic E-state index is 0.0269. The second-order valence-electron chi connectivity index (χ2n) is 8.22. The maximum Gasteiger partial charge on any atom is 0.276 e. The van der Waals surface area contributed by atoms with Crippen LogP contribution in [0.1, 0.15) is 75.3 Å². The van der Waals surface area contributed by atoms with Gasteiger partial charge in [-0.25, -0.2) is 4.68 Å². The normalized spacial score (nSPS) is 27.1. The van der Waals surface area contributed by atoms with E-state index in [-0.39, 0.29) is 12.0 Å². The van der Waals surface area contributed by atoms with Gasteiger partial charge in [-0.05, 0) is 38.0 Å². The van der Waals surface area contributed by atoms with Crippen LogP contribution in [0.15, 0.2) is 6.20 Å². The van der Waals surface area contributed by atoms with Gasteiger partial charge in [0.2, 0.25) is 0 Å². The Morgan fingerprint density at radius 2 is 2.12 bits per heavy atom. The van der Waals surface area contributed by atoms with E-state index in [0.29, 0.717) is 43.4 Å². The summed E-state index contributed by atoms with van der Waals surface area (Å²) in [7, 11) is 0. The van der Waals surface area contributed by atoms with Crippen LogP contribution >= 0.6 is 0 Å². The fourth-order valence-corrected chi connectivity index (χ4v) is 3.91. The Labute approximate surface area is 156 Å². The molecule has 0 aromatic carbocycles. The van der Waals surface area contributed by atoms with Crippen molar-refractivity contribution in [2.45, 2.75) is 77.0 Å². The number of rotatable bonds is 6. The van der Waals surface area contributed by atoms with E-state index in [9.17, 15) is 4.79 Å². The first-order valence-corrected chi connectivity index (χ1v) is 10.1. The van der Waals surface area contributed by atoms with Gasteiger partial charge in [-0.15, -0.1) is 5.10 Å². The van der Waals surface area contributed by atoms with Crippen molar-refractivity contribution in [2.24, 2.45) is 11.7 Å². The van der Waals surface area contributed by atoms with Gasteiger partial charge >= 0.3 is 0 Å². The van der Waals surface area contributed by atoms with E-state index in [1.54, 1.807) is 0 Å². The Balaban J connectivity index is 1.53. The third kappa shape index (κ3) is 5.04. The number of hydrogen-bond acceptors (Lipinski definition) is 5. The minimum Gasteiger partial charge on any atom is -0.375 e. The molecule has 7 nitrogen and oxygen atoms in total. The van der Waals surface area contributed by atoms with Gasteiger partial charge in [0, 0.05) is 19.1 Å². The molecule has 2 N–H and O–H groups in total. The number of aromatic nitrogens is 3. The second kappa shape index (κ2) is 8.95. The average Bonchev–Trinajstić information content (AvgIpc) is 3.12. The minimum atomic E-state index is -0.0269. The van der Waals surface area contributed by atoms with Crippen molar-refractivity contribution in [2.75, 3.05) is 19.7 Å². The first-order valence-electron chi connectivity index (χ1n) is 10.1. The van der Waals surface area contributed by atoms with Crippen LogP contribution in [0.25, 0.3) is 0 Å². The molecule has 2 fully saturated rings. The Morgan fingerprint density at radius 3 is 2.85 bits per heavy atom. The highest BCUT2D eigenvalue weighted by molar-refractivity contribution is 5.92. The van der Waals surface area contributed by atoms with Crippen LogP contribution < -0.4 is 5.73 Å². The Hall–Kier alpha value is -1.47. The van der Waals surface area contributed by atoms with Crippen LogP contribution in [0.3, 0.4) is 0 Å². The van der Waals surface area contributed by atoms with Crippen molar-refractivity contribution < 1.29 is 9.53 Å². The van der Waals surface area contributed by atoms with Crippen LogP contribution in [0.5, 0.6) is 0 Å². The van der Waals surface area contributed by atoms with Gasteiger partial charge < -0.3 is 15.4 Å². The highest BCUT2D eigenvalue weighted by atomic mass is 16.5. The number of carbonyl (C=O) groups is 1. The van der Waals surface area contributed by atoms with Crippen molar-refractivity contribution in [3.63, 3.8) is 0 Å². The molecule has 1 atom stereocenters. The lowest BCUT2D eigenvalue weighted by Crippen LogP contribution is -2.45. The monoisotopic (exact) mass is 363 g/mol. The summed E-state index contributed by atoms with van der Waals surface area (Å²) < 4.78 is 7.70. The molecule has 0 spiro atoms. The molecule has 7 heteroatoms. The highest BCUT2D eigenvalue weighted by Crippen LogP contribution is 2.27. The van der Waals surface area contributed by atoms with E-state index in [4.69, 9.17) is 10.5 Å². The van der Waals surface area contributed by atoms with Crippen molar-refractivity contribution in [1.29, 1.82) is 0 Å². The summed E-state index contributed by atoms with van der Waals surface area (Å²) in [4.78, 5) is 14.7. The maximum absolute atomic E-state index is 12.8. The molecule has 26 heavy (non-hydrogen) atoms. The number of nitrogens with two attached hydrogens (primary N) is 1. The van der Waals surface area contributed by atoms with Gasteiger partial charge in [-0.1, -0.05) is 31.9 Å². The molecule has 0 unspecified atom stereocenters. The van der Waals surface area contributed by atoms with E-state index in [2.05, 4.69) is 24.2 Å². The fourth-order valence-electron chi connectivity index (χ4n) is 3.91. The molecule has 1 aliphatic carbocycles. The van der Waals surface area contributed by atoms with E-state index in [0.717, 1.165) is 38.5 Å². The Morgan fingerprint density at radius 1 is 1.35 bits per heavy atom. The Kier molecular flexibility index (Phi) is 6.64. The number of morpholine rings is 1. The average molecular weight is 364 g/mol. The quantitative estimate of drug-likeness (QED) is 0.838. The molecule has 1 amide bonds. The lowest BCUT2D eigenvalue weighted by molar-refractivity contribution is -0.0262. The summed E-state index contributed by atoms with van der Waals surface area (Å²) in [5.41, 5.74) is 6.42. The molecule has 0 radical (unpaired) electrons. The number of nitrogens with zero attached hydrogens (tertiary/aromatic N) is 4. The summed E-state index contributed by atoms with van der Waals surface area (Å²) in [5.74, 6) is 0.682. The lowest BCUT2D eigenvalue weighted by Gasteiger charge is -2.32. The third-order valence-corrected chi connectivity index (χ3v) is 5.58. The van der Waals surface area contributed by atoms with Crippen LogP contribution in [0.4, 0.5) is 0 Å². The first kappa shape index (κ1) is 19.3. The first-order chi connectivity index (χ1) is 12.5. The van der Waals surface area contributed by atoms with Gasteiger partial charge in [0.1, 0.15) is 0 Å². The van der Waals surface area contributed by atoms with Crippen LogP contribution in [0, 0.1) is 5.92 Å². The number of amides is 1. The molecule has 3 rings (SSSR count). The molecule has 2 aliphatic rings. The van der Waals surface area contributed by atoms with Crippen LogP contribution in [0.2, 0.25) is 0 Å². The van der Waals surface area contributed by atoms with Crippen molar-refractivity contribution in [3.05, 3.63) is 11.9 Å². The zero-order valence-electron chi connectivity index (χ0n) is 16.1. The lowest BCUT2D eigenvalue weighted by atomic mass is 9.92. The van der Waals surface area contributed by atoms with E-state index < -0.39 is 0 Å². The highest BCUT2D eigenvalue weighted by Gasteiger charge is 2.28. The smallest absolute Gasteiger partial charge is 0.276 e. The van der Waals surface area contributed by atoms with Gasteiger partial charge in [-0.3, -0.25) is 4.79 Å². The second-order valence-corrected chi connectivity index (χ2v) is 8.22. The molecule has 1 saturated heterocycles. The summed E-state index contributed by atoms with van der Waals surface area (Å²) >= 11 is 0. The zero-order chi connectivity index (χ0) is 18.5. The van der Waals surface area contributed by atoms with E-state index in [1.165, 1.54) is 6.42 Å². The maximum atomic E-state index is 12.8.